The molecule has 0 atom stereocenters. The Morgan fingerprint density at radius 3 is 2.50 bits per heavy atom. The number of hydrogen-bond donors (Lipinski definition) is 0. The van der Waals surface area contributed by atoms with Crippen molar-refractivity contribution in [2.75, 3.05) is 5.75 Å². The highest BCUT2D eigenvalue weighted by atomic mass is 32.2. The molecule has 0 unspecified atom stereocenters. The molecular weight excluding hydrogens is 478 g/mol. The zero-order valence-electron chi connectivity index (χ0n) is 18.3. The molecule has 0 fully saturated rings. The van der Waals surface area contributed by atoms with Crippen molar-refractivity contribution >= 4 is 9.84 Å². The molecule has 3 aromatic rings. The summed E-state index contributed by atoms with van der Waals surface area (Å²) in [7, 11) is -2.69. The van der Waals surface area contributed by atoms with Crippen molar-refractivity contribution in [1.82, 2.24) is 14.5 Å². The van der Waals surface area contributed by atoms with Gasteiger partial charge in [-0.15, -0.1) is 0 Å². The summed E-state index contributed by atoms with van der Waals surface area (Å²) in [5.74, 6) is -2.75. The van der Waals surface area contributed by atoms with Crippen LogP contribution in [0.5, 0.6) is 11.8 Å². The van der Waals surface area contributed by atoms with Gasteiger partial charge in [-0.3, -0.25) is 4.79 Å². The number of para-hydroxylation sites is 1. The van der Waals surface area contributed by atoms with Gasteiger partial charge in [-0.25, -0.2) is 12.8 Å². The molecule has 0 aliphatic heterocycles. The third kappa shape index (κ3) is 6.62. The normalized spacial score (nSPS) is 12.1. The fourth-order valence-electron chi connectivity index (χ4n) is 3.09. The van der Waals surface area contributed by atoms with Crippen molar-refractivity contribution in [2.24, 2.45) is 7.05 Å². The lowest BCUT2D eigenvalue weighted by Crippen LogP contribution is -2.18. The summed E-state index contributed by atoms with van der Waals surface area (Å²) in [4.78, 5) is 19.9. The fraction of sp³-hybridized carbons (Fsp3) is 0.318. The van der Waals surface area contributed by atoms with Gasteiger partial charge in [0.05, 0.1) is 29.3 Å². The number of halogens is 4. The molecule has 1 aromatic carbocycles. The topological polar surface area (TPSA) is 91.1 Å². The van der Waals surface area contributed by atoms with Crippen LogP contribution in [0.3, 0.4) is 0 Å². The van der Waals surface area contributed by atoms with Gasteiger partial charge in [0.1, 0.15) is 0 Å². The van der Waals surface area contributed by atoms with E-state index in [1.165, 1.54) is 48.1 Å². The molecule has 12 heteroatoms. The first kappa shape index (κ1) is 25.3. The Hall–Kier alpha value is -3.28. The second kappa shape index (κ2) is 9.92. The SMILES string of the molecule is CCc1cccc(F)c1Oc1nc(CS(=O)(=O)CCC(F)(F)F)cc(-c2ccc(=O)n(C)c2)n1. The van der Waals surface area contributed by atoms with Crippen LogP contribution in [0, 0.1) is 5.82 Å². The molecular formula is C22H21F4N3O4S. The smallest absolute Gasteiger partial charge is 0.390 e. The summed E-state index contributed by atoms with van der Waals surface area (Å²) in [6, 6.07) is 7.92. The number of nitrogens with zero attached hydrogens (tertiary/aromatic N) is 3. The minimum absolute atomic E-state index is 0.134. The van der Waals surface area contributed by atoms with Gasteiger partial charge >= 0.3 is 12.2 Å². The highest BCUT2D eigenvalue weighted by Crippen LogP contribution is 2.29. The molecule has 3 rings (SSSR count). The third-order valence-electron chi connectivity index (χ3n) is 4.83. The van der Waals surface area contributed by atoms with Crippen LogP contribution >= 0.6 is 0 Å². The van der Waals surface area contributed by atoms with Crippen molar-refractivity contribution in [1.29, 1.82) is 0 Å². The predicted molar refractivity (Wildman–Crippen MR) is 117 cm³/mol. The molecule has 0 spiro atoms. The monoisotopic (exact) mass is 499 g/mol. The minimum atomic E-state index is -4.63. The summed E-state index contributed by atoms with van der Waals surface area (Å²) in [6.45, 7) is 1.78. The van der Waals surface area contributed by atoms with E-state index in [0.29, 0.717) is 17.5 Å². The largest absolute Gasteiger partial charge is 0.421 e. The lowest BCUT2D eigenvalue weighted by molar-refractivity contribution is -0.129. The number of pyridine rings is 1. The zero-order valence-corrected chi connectivity index (χ0v) is 19.1. The number of alkyl halides is 3. The number of rotatable bonds is 8. The van der Waals surface area contributed by atoms with Gasteiger partial charge in [-0.05, 0) is 30.2 Å². The lowest BCUT2D eigenvalue weighted by Gasteiger charge is -2.13. The van der Waals surface area contributed by atoms with E-state index in [0.717, 1.165) is 0 Å². The molecule has 0 aliphatic rings. The average molecular weight is 499 g/mol. The van der Waals surface area contributed by atoms with Crippen LogP contribution in [0.15, 0.2) is 47.4 Å². The second-order valence-electron chi connectivity index (χ2n) is 7.53. The molecule has 2 aromatic heterocycles. The van der Waals surface area contributed by atoms with Crippen LogP contribution in [0.1, 0.15) is 24.6 Å². The maximum atomic E-state index is 14.4. The highest BCUT2D eigenvalue weighted by Gasteiger charge is 2.30. The molecule has 0 N–H and O–H groups in total. The van der Waals surface area contributed by atoms with Crippen molar-refractivity contribution in [3.8, 4) is 23.0 Å². The third-order valence-corrected chi connectivity index (χ3v) is 6.39. The Morgan fingerprint density at radius 2 is 1.85 bits per heavy atom. The van der Waals surface area contributed by atoms with Crippen molar-refractivity contribution in [3.05, 3.63) is 70.0 Å². The maximum Gasteiger partial charge on any atom is 0.390 e. The Labute approximate surface area is 193 Å². The molecule has 2 heterocycles. The number of hydrogen-bond acceptors (Lipinski definition) is 6. The van der Waals surface area contributed by atoms with Gasteiger partial charge in [-0.1, -0.05) is 19.1 Å². The molecule has 182 valence electrons. The van der Waals surface area contributed by atoms with Gasteiger partial charge < -0.3 is 9.30 Å². The van der Waals surface area contributed by atoms with Crippen LogP contribution in [0.25, 0.3) is 11.3 Å². The van der Waals surface area contributed by atoms with E-state index in [-0.39, 0.29) is 28.7 Å². The van der Waals surface area contributed by atoms with E-state index in [1.54, 1.807) is 13.0 Å². The maximum absolute atomic E-state index is 14.4. The Balaban J connectivity index is 2.05. The Morgan fingerprint density at radius 1 is 1.12 bits per heavy atom. The first-order valence-corrected chi connectivity index (χ1v) is 12.0. The molecule has 0 saturated carbocycles. The number of aromatic nitrogens is 3. The van der Waals surface area contributed by atoms with E-state index >= 15 is 0 Å². The zero-order chi connectivity index (χ0) is 25.1. The fourth-order valence-corrected chi connectivity index (χ4v) is 4.38. The van der Waals surface area contributed by atoms with Gasteiger partial charge in [0.2, 0.25) is 5.56 Å². The summed E-state index contributed by atoms with van der Waals surface area (Å²) in [5.41, 5.74) is 0.618. The first-order valence-electron chi connectivity index (χ1n) is 10.1. The van der Waals surface area contributed by atoms with Crippen LogP contribution in [0.4, 0.5) is 17.6 Å². The van der Waals surface area contributed by atoms with Gasteiger partial charge in [0.25, 0.3) is 0 Å². The van der Waals surface area contributed by atoms with E-state index < -0.39 is 39.8 Å². The van der Waals surface area contributed by atoms with Crippen LogP contribution in [0.2, 0.25) is 0 Å². The summed E-state index contributed by atoms with van der Waals surface area (Å²) < 4.78 is 83.4. The van der Waals surface area contributed by atoms with Crippen LogP contribution in [-0.4, -0.2) is 34.9 Å². The van der Waals surface area contributed by atoms with Crippen LogP contribution in [-0.2, 0) is 29.1 Å². The molecule has 0 radical (unpaired) electrons. The number of aryl methyl sites for hydroxylation is 2. The quantitative estimate of drug-likeness (QED) is 0.432. The highest BCUT2D eigenvalue weighted by molar-refractivity contribution is 7.90. The van der Waals surface area contributed by atoms with Crippen LogP contribution < -0.4 is 10.3 Å². The number of sulfone groups is 1. The van der Waals surface area contributed by atoms with Crippen molar-refractivity contribution in [2.45, 2.75) is 31.7 Å². The second-order valence-corrected chi connectivity index (χ2v) is 9.72. The summed E-state index contributed by atoms with van der Waals surface area (Å²) in [6.07, 6.45) is -4.26. The van der Waals surface area contributed by atoms with Gasteiger partial charge in [0.15, 0.2) is 21.4 Å². The summed E-state index contributed by atoms with van der Waals surface area (Å²) >= 11 is 0. The Bertz CT molecular complexity index is 1350. The Kier molecular flexibility index (Phi) is 7.39. The average Bonchev–Trinajstić information content (AvgIpc) is 2.75. The first-order chi connectivity index (χ1) is 15.9. The number of ether oxygens (including phenoxy) is 1. The molecule has 0 aliphatic carbocycles. The molecule has 0 bridgehead atoms. The predicted octanol–water partition coefficient (Wildman–Crippen LogP) is 4.20. The lowest BCUT2D eigenvalue weighted by atomic mass is 10.1. The van der Waals surface area contributed by atoms with Crippen molar-refractivity contribution < 1.29 is 30.7 Å². The standard InChI is InChI=1S/C22H21F4N3O4S/c1-3-14-5-4-6-17(23)20(14)33-21-27-16(13-34(31,32)10-9-22(24,25)26)11-18(28-21)15-7-8-19(30)29(2)12-15/h4-8,11-12H,3,9-10,13H2,1-2H3. The van der Waals surface area contributed by atoms with Gasteiger partial charge in [-0.2, -0.15) is 23.1 Å². The van der Waals surface area contributed by atoms with E-state index in [9.17, 15) is 30.8 Å². The van der Waals surface area contributed by atoms with Gasteiger partial charge in [0, 0.05) is 24.9 Å². The van der Waals surface area contributed by atoms with E-state index in [4.69, 9.17) is 4.74 Å². The molecule has 7 nitrogen and oxygen atoms in total. The van der Waals surface area contributed by atoms with Crippen molar-refractivity contribution in [3.63, 3.8) is 0 Å². The molecule has 0 amide bonds. The van der Waals surface area contributed by atoms with E-state index in [2.05, 4.69) is 9.97 Å². The molecule has 34 heavy (non-hydrogen) atoms. The summed E-state index contributed by atoms with van der Waals surface area (Å²) in [5, 5.41) is 0. The minimum Gasteiger partial charge on any atom is -0.421 e. The molecule has 0 saturated heterocycles. The number of benzene rings is 1. The van der Waals surface area contributed by atoms with E-state index in [1.807, 2.05) is 0 Å².